The Balaban J connectivity index is 1.59. The largest absolute Gasteiger partial charge is 0.489 e. The molecule has 28 heavy (non-hydrogen) atoms. The van der Waals surface area contributed by atoms with Crippen LogP contribution in [0.5, 0.6) is 5.75 Å². The van der Waals surface area contributed by atoms with Crippen molar-refractivity contribution in [3.05, 3.63) is 77.4 Å². The smallest absolute Gasteiger partial charge is 0.263 e. The van der Waals surface area contributed by atoms with E-state index in [1.165, 1.54) is 10.9 Å². The molecule has 0 bridgehead atoms. The Morgan fingerprint density at radius 1 is 1.00 bits per heavy atom. The molecule has 0 atom stereocenters. The van der Waals surface area contributed by atoms with Gasteiger partial charge >= 0.3 is 0 Å². The maximum atomic E-state index is 6.18. The molecule has 4 aromatic rings. The number of tetrazole rings is 1. The maximum absolute atomic E-state index is 6.18. The number of benzene rings is 3. The zero-order chi connectivity index (χ0) is 19.3. The molecule has 0 unspecified atom stereocenters. The number of nitrogens with one attached hydrogen (secondary N) is 1. The second-order valence-electron chi connectivity index (χ2n) is 6.69. The number of hydrogen-bond donors (Lipinski definition) is 1. The van der Waals surface area contributed by atoms with Crippen LogP contribution in [-0.4, -0.2) is 20.2 Å². The van der Waals surface area contributed by atoms with E-state index in [4.69, 9.17) is 4.74 Å². The minimum Gasteiger partial charge on any atom is -0.489 e. The lowest BCUT2D eigenvalue weighted by atomic mass is 10.0. The first kappa shape index (κ1) is 18.0. The van der Waals surface area contributed by atoms with Gasteiger partial charge in [-0.2, -0.15) is 4.80 Å². The molecule has 6 heteroatoms. The molecule has 0 aliphatic heterocycles. The van der Waals surface area contributed by atoms with Gasteiger partial charge in [0.05, 0.1) is 6.54 Å². The number of fused-ring (bicyclic) bond motifs is 1. The molecule has 142 valence electrons. The fraction of sp³-hybridized carbons (Fsp3) is 0.227. The second-order valence-corrected chi connectivity index (χ2v) is 6.69. The van der Waals surface area contributed by atoms with Crippen LogP contribution >= 0.6 is 0 Å². The van der Waals surface area contributed by atoms with Gasteiger partial charge in [0.1, 0.15) is 12.4 Å². The van der Waals surface area contributed by atoms with Crippen LogP contribution in [0.3, 0.4) is 0 Å². The SMILES string of the molecule is CCn1nnc(NCc2c(OCc3ccc(C)cc3)ccc3ccccc23)n1. The molecule has 1 heterocycles. The molecule has 4 rings (SSSR count). The number of aromatic nitrogens is 4. The zero-order valence-electron chi connectivity index (χ0n) is 16.1. The summed E-state index contributed by atoms with van der Waals surface area (Å²) in [4.78, 5) is 1.56. The molecule has 0 aliphatic carbocycles. The zero-order valence-corrected chi connectivity index (χ0v) is 16.1. The summed E-state index contributed by atoms with van der Waals surface area (Å²) in [6.45, 7) is 5.83. The number of nitrogens with zero attached hydrogens (tertiary/aromatic N) is 4. The van der Waals surface area contributed by atoms with Crippen LogP contribution in [0.25, 0.3) is 10.8 Å². The summed E-state index contributed by atoms with van der Waals surface area (Å²) in [5.41, 5.74) is 3.47. The van der Waals surface area contributed by atoms with Crippen molar-refractivity contribution in [3.63, 3.8) is 0 Å². The molecule has 0 amide bonds. The van der Waals surface area contributed by atoms with Gasteiger partial charge in [0.15, 0.2) is 0 Å². The third kappa shape index (κ3) is 3.96. The lowest BCUT2D eigenvalue weighted by Crippen LogP contribution is -2.06. The maximum Gasteiger partial charge on any atom is 0.263 e. The van der Waals surface area contributed by atoms with Crippen molar-refractivity contribution in [1.29, 1.82) is 0 Å². The third-order valence-electron chi connectivity index (χ3n) is 4.67. The third-order valence-corrected chi connectivity index (χ3v) is 4.67. The van der Waals surface area contributed by atoms with Crippen molar-refractivity contribution in [2.45, 2.75) is 33.5 Å². The van der Waals surface area contributed by atoms with Crippen LogP contribution in [0.2, 0.25) is 0 Å². The predicted octanol–water partition coefficient (Wildman–Crippen LogP) is 4.35. The molecule has 1 N–H and O–H groups in total. The Bertz CT molecular complexity index is 1070. The van der Waals surface area contributed by atoms with Crippen LogP contribution < -0.4 is 10.1 Å². The number of aryl methyl sites for hydroxylation is 2. The molecule has 0 aliphatic rings. The number of ether oxygens (including phenoxy) is 1. The molecule has 0 radical (unpaired) electrons. The van der Waals surface area contributed by atoms with Gasteiger partial charge in [0.2, 0.25) is 0 Å². The Morgan fingerprint density at radius 3 is 2.61 bits per heavy atom. The van der Waals surface area contributed by atoms with Gasteiger partial charge in [-0.25, -0.2) is 0 Å². The van der Waals surface area contributed by atoms with E-state index in [0.29, 0.717) is 25.6 Å². The van der Waals surface area contributed by atoms with Crippen LogP contribution in [0, 0.1) is 6.92 Å². The summed E-state index contributed by atoms with van der Waals surface area (Å²) < 4.78 is 6.18. The Hall–Kier alpha value is -3.41. The lowest BCUT2D eigenvalue weighted by molar-refractivity contribution is 0.304. The van der Waals surface area contributed by atoms with Gasteiger partial charge in [0, 0.05) is 12.1 Å². The molecular weight excluding hydrogens is 350 g/mol. The minimum absolute atomic E-state index is 0.513. The molecule has 0 saturated heterocycles. The Labute approximate surface area is 164 Å². The quantitative estimate of drug-likeness (QED) is 0.522. The lowest BCUT2D eigenvalue weighted by Gasteiger charge is -2.15. The molecular formula is C22H23N5O. The van der Waals surface area contributed by atoms with Crippen molar-refractivity contribution in [3.8, 4) is 5.75 Å². The first-order chi connectivity index (χ1) is 13.7. The topological polar surface area (TPSA) is 64.9 Å². The molecule has 6 nitrogen and oxygen atoms in total. The van der Waals surface area contributed by atoms with E-state index in [0.717, 1.165) is 22.3 Å². The van der Waals surface area contributed by atoms with Gasteiger partial charge in [-0.15, -0.1) is 5.10 Å². The monoisotopic (exact) mass is 373 g/mol. The summed E-state index contributed by atoms with van der Waals surface area (Å²) in [7, 11) is 0. The van der Waals surface area contributed by atoms with Gasteiger partial charge in [-0.05, 0) is 41.5 Å². The van der Waals surface area contributed by atoms with Gasteiger partial charge < -0.3 is 10.1 Å². The van der Waals surface area contributed by atoms with E-state index in [1.54, 1.807) is 4.80 Å². The average molecular weight is 373 g/mol. The molecule has 0 saturated carbocycles. The van der Waals surface area contributed by atoms with E-state index in [2.05, 4.69) is 70.1 Å². The summed E-state index contributed by atoms with van der Waals surface area (Å²) in [5, 5.41) is 17.9. The highest BCUT2D eigenvalue weighted by molar-refractivity contribution is 5.88. The molecule has 3 aromatic carbocycles. The van der Waals surface area contributed by atoms with Crippen molar-refractivity contribution in [2.75, 3.05) is 5.32 Å². The first-order valence-electron chi connectivity index (χ1n) is 9.43. The Kier molecular flexibility index (Phi) is 5.19. The second kappa shape index (κ2) is 8.08. The fourth-order valence-corrected chi connectivity index (χ4v) is 3.09. The van der Waals surface area contributed by atoms with E-state index in [1.807, 2.05) is 25.1 Å². The minimum atomic E-state index is 0.513. The van der Waals surface area contributed by atoms with Crippen LogP contribution in [-0.2, 0) is 19.7 Å². The highest BCUT2D eigenvalue weighted by Gasteiger charge is 2.11. The first-order valence-corrected chi connectivity index (χ1v) is 9.43. The standard InChI is InChI=1S/C22H23N5O/c1-3-27-25-22(24-26-27)23-14-20-19-7-5-4-6-18(19)12-13-21(20)28-15-17-10-8-16(2)9-11-17/h4-13H,3,14-15H2,1-2H3,(H,23,25). The molecule has 0 spiro atoms. The summed E-state index contributed by atoms with van der Waals surface area (Å²) in [6, 6.07) is 20.8. The summed E-state index contributed by atoms with van der Waals surface area (Å²) in [6.07, 6.45) is 0. The molecule has 0 fully saturated rings. The van der Waals surface area contributed by atoms with Gasteiger partial charge in [0.25, 0.3) is 5.95 Å². The van der Waals surface area contributed by atoms with E-state index < -0.39 is 0 Å². The average Bonchev–Trinajstić information content (AvgIpc) is 3.20. The van der Waals surface area contributed by atoms with Crippen molar-refractivity contribution in [2.24, 2.45) is 0 Å². The van der Waals surface area contributed by atoms with Crippen LogP contribution in [0.15, 0.2) is 60.7 Å². The normalized spacial score (nSPS) is 10.9. The molecule has 1 aromatic heterocycles. The highest BCUT2D eigenvalue weighted by atomic mass is 16.5. The van der Waals surface area contributed by atoms with E-state index in [9.17, 15) is 0 Å². The van der Waals surface area contributed by atoms with E-state index >= 15 is 0 Å². The van der Waals surface area contributed by atoms with Crippen molar-refractivity contribution in [1.82, 2.24) is 20.2 Å². The van der Waals surface area contributed by atoms with Gasteiger partial charge in [-0.3, -0.25) is 0 Å². The highest BCUT2D eigenvalue weighted by Crippen LogP contribution is 2.29. The van der Waals surface area contributed by atoms with Crippen LogP contribution in [0.1, 0.15) is 23.6 Å². The number of hydrogen-bond acceptors (Lipinski definition) is 5. The predicted molar refractivity (Wildman–Crippen MR) is 110 cm³/mol. The van der Waals surface area contributed by atoms with Crippen molar-refractivity contribution < 1.29 is 4.74 Å². The fourth-order valence-electron chi connectivity index (χ4n) is 3.09. The number of rotatable bonds is 7. The van der Waals surface area contributed by atoms with Gasteiger partial charge in [-0.1, -0.05) is 65.3 Å². The van der Waals surface area contributed by atoms with Crippen LogP contribution in [0.4, 0.5) is 5.95 Å². The Morgan fingerprint density at radius 2 is 1.82 bits per heavy atom. The van der Waals surface area contributed by atoms with E-state index in [-0.39, 0.29) is 0 Å². The summed E-state index contributed by atoms with van der Waals surface area (Å²) >= 11 is 0. The summed E-state index contributed by atoms with van der Waals surface area (Å²) in [5.74, 6) is 1.37. The van der Waals surface area contributed by atoms with Crippen molar-refractivity contribution >= 4 is 16.7 Å². The number of anilines is 1.